The zero-order chi connectivity index (χ0) is 20.0. The molecule has 0 saturated carbocycles. The summed E-state index contributed by atoms with van der Waals surface area (Å²) in [5.41, 5.74) is 2.38. The van der Waals surface area contributed by atoms with Crippen LogP contribution in [-0.4, -0.2) is 36.3 Å². The Morgan fingerprint density at radius 1 is 1.07 bits per heavy atom. The van der Waals surface area contributed by atoms with Crippen LogP contribution in [-0.2, 0) is 16.0 Å². The fraction of sp³-hybridized carbons (Fsp3) is 0.300. The molecule has 0 radical (unpaired) electrons. The molecule has 0 fully saturated rings. The van der Waals surface area contributed by atoms with Crippen molar-refractivity contribution in [2.24, 2.45) is 0 Å². The third-order valence-electron chi connectivity index (χ3n) is 4.24. The topological polar surface area (TPSA) is 61.4 Å². The summed E-state index contributed by atoms with van der Waals surface area (Å²) in [5.74, 6) is -0.429. The van der Waals surface area contributed by atoms with E-state index in [0.717, 1.165) is 17.7 Å². The van der Waals surface area contributed by atoms with Crippen LogP contribution in [0.25, 0.3) is 0 Å². The molecule has 2 aromatic rings. The Kier molecular flexibility index (Phi) is 7.66. The van der Waals surface area contributed by atoms with E-state index in [0.29, 0.717) is 15.7 Å². The molecule has 0 unspecified atom stereocenters. The minimum Gasteiger partial charge on any atom is -0.325 e. The van der Waals surface area contributed by atoms with Gasteiger partial charge >= 0.3 is 0 Å². The Labute approximate surface area is 169 Å². The first kappa shape index (κ1) is 21.2. The molecule has 0 aliphatic rings. The van der Waals surface area contributed by atoms with E-state index in [-0.39, 0.29) is 18.4 Å². The number of likely N-dealkylation sites (N-methyl/N-ethyl adjacent to an activating group) is 1. The van der Waals surface area contributed by atoms with Gasteiger partial charge in [-0.2, -0.15) is 0 Å². The number of nitrogens with zero attached hydrogens (tertiary/aromatic N) is 1. The molecule has 0 aromatic heterocycles. The Balaban J connectivity index is 1.94. The highest BCUT2D eigenvalue weighted by Crippen LogP contribution is 2.22. The monoisotopic (exact) mass is 407 g/mol. The van der Waals surface area contributed by atoms with E-state index >= 15 is 0 Å². The van der Waals surface area contributed by atoms with Crippen molar-refractivity contribution in [3.05, 3.63) is 58.1 Å². The maximum atomic E-state index is 12.4. The standard InChI is InChI=1S/C20H23Cl2N3O2/c1-4-14-7-5-6-8-18(14)24-19(26)12-25(3)13(2)20(27)23-17-10-15(21)9-16(22)11-17/h5-11,13H,4,12H2,1-3H3,(H,23,27)(H,24,26)/t13-/m0/s1. The van der Waals surface area contributed by atoms with Gasteiger partial charge in [0.05, 0.1) is 12.6 Å². The number of hydrogen-bond acceptors (Lipinski definition) is 3. The maximum Gasteiger partial charge on any atom is 0.241 e. The van der Waals surface area contributed by atoms with Gasteiger partial charge < -0.3 is 10.6 Å². The molecule has 2 amide bonds. The van der Waals surface area contributed by atoms with Crippen LogP contribution < -0.4 is 10.6 Å². The summed E-state index contributed by atoms with van der Waals surface area (Å²) in [7, 11) is 1.72. The predicted molar refractivity (Wildman–Crippen MR) is 112 cm³/mol. The van der Waals surface area contributed by atoms with E-state index in [1.807, 2.05) is 31.2 Å². The molecular formula is C20H23Cl2N3O2. The summed E-state index contributed by atoms with van der Waals surface area (Å²) in [6.07, 6.45) is 0.827. The second kappa shape index (κ2) is 9.74. The van der Waals surface area contributed by atoms with Crippen molar-refractivity contribution in [3.63, 3.8) is 0 Å². The van der Waals surface area contributed by atoms with E-state index in [9.17, 15) is 9.59 Å². The summed E-state index contributed by atoms with van der Waals surface area (Å²) in [5, 5.41) is 6.54. The van der Waals surface area contributed by atoms with E-state index in [1.54, 1.807) is 37.1 Å². The average Bonchev–Trinajstić information content (AvgIpc) is 2.60. The molecule has 2 aromatic carbocycles. The molecule has 144 valence electrons. The van der Waals surface area contributed by atoms with Gasteiger partial charge in [0.1, 0.15) is 0 Å². The van der Waals surface area contributed by atoms with Crippen LogP contribution in [0.4, 0.5) is 11.4 Å². The fourth-order valence-corrected chi connectivity index (χ4v) is 3.10. The van der Waals surface area contributed by atoms with Crippen LogP contribution in [0.1, 0.15) is 19.4 Å². The van der Waals surface area contributed by atoms with Crippen molar-refractivity contribution in [3.8, 4) is 0 Å². The fourth-order valence-electron chi connectivity index (χ4n) is 2.58. The van der Waals surface area contributed by atoms with Gasteiger partial charge in [-0.25, -0.2) is 0 Å². The molecule has 0 saturated heterocycles. The molecule has 27 heavy (non-hydrogen) atoms. The number of amides is 2. The van der Waals surface area contributed by atoms with Gasteiger partial charge in [0.25, 0.3) is 0 Å². The second-order valence-corrected chi connectivity index (χ2v) is 7.17. The van der Waals surface area contributed by atoms with E-state index in [1.165, 1.54) is 0 Å². The summed E-state index contributed by atoms with van der Waals surface area (Å²) in [6.45, 7) is 3.85. The van der Waals surface area contributed by atoms with E-state index in [4.69, 9.17) is 23.2 Å². The number of aryl methyl sites for hydroxylation is 1. The third-order valence-corrected chi connectivity index (χ3v) is 4.67. The molecule has 2 N–H and O–H groups in total. The van der Waals surface area contributed by atoms with Crippen LogP contribution in [0.15, 0.2) is 42.5 Å². The number of rotatable bonds is 7. The Morgan fingerprint density at radius 3 is 2.33 bits per heavy atom. The molecule has 2 rings (SSSR count). The number of nitrogens with one attached hydrogen (secondary N) is 2. The van der Waals surface area contributed by atoms with Crippen LogP contribution in [0.3, 0.4) is 0 Å². The quantitative estimate of drug-likeness (QED) is 0.712. The maximum absolute atomic E-state index is 12.4. The van der Waals surface area contributed by atoms with Crippen LogP contribution >= 0.6 is 23.2 Å². The number of hydrogen-bond donors (Lipinski definition) is 2. The summed E-state index contributed by atoms with van der Waals surface area (Å²) >= 11 is 11.9. The van der Waals surface area contributed by atoms with Gasteiger partial charge in [-0.1, -0.05) is 48.3 Å². The first-order chi connectivity index (χ1) is 12.8. The Morgan fingerprint density at radius 2 is 1.70 bits per heavy atom. The lowest BCUT2D eigenvalue weighted by molar-refractivity contribution is -0.122. The van der Waals surface area contributed by atoms with Crippen molar-refractivity contribution in [1.29, 1.82) is 0 Å². The van der Waals surface area contributed by atoms with Gasteiger partial charge in [0.2, 0.25) is 11.8 Å². The first-order valence-corrected chi connectivity index (χ1v) is 9.40. The molecule has 0 aliphatic carbocycles. The predicted octanol–water partition coefficient (Wildman–Crippen LogP) is 4.45. The highest BCUT2D eigenvalue weighted by Gasteiger charge is 2.20. The molecule has 0 bridgehead atoms. The van der Waals surface area contributed by atoms with Crippen molar-refractivity contribution >= 4 is 46.4 Å². The van der Waals surface area contributed by atoms with Crippen LogP contribution in [0.5, 0.6) is 0 Å². The largest absolute Gasteiger partial charge is 0.325 e. The second-order valence-electron chi connectivity index (χ2n) is 6.30. The molecule has 5 nitrogen and oxygen atoms in total. The van der Waals surface area contributed by atoms with E-state index < -0.39 is 6.04 Å². The number of carbonyl (C=O) groups excluding carboxylic acids is 2. The summed E-state index contributed by atoms with van der Waals surface area (Å²) in [4.78, 5) is 26.5. The highest BCUT2D eigenvalue weighted by atomic mass is 35.5. The number of halogens is 2. The van der Waals surface area contributed by atoms with Gasteiger partial charge in [-0.05, 0) is 50.2 Å². The Bertz CT molecular complexity index is 806. The highest BCUT2D eigenvalue weighted by molar-refractivity contribution is 6.35. The first-order valence-electron chi connectivity index (χ1n) is 8.65. The zero-order valence-electron chi connectivity index (χ0n) is 15.6. The molecule has 1 atom stereocenters. The number of anilines is 2. The van der Waals surface area contributed by atoms with Crippen molar-refractivity contribution in [2.45, 2.75) is 26.3 Å². The minimum absolute atomic E-state index is 0.0862. The van der Waals surface area contributed by atoms with Crippen LogP contribution in [0, 0.1) is 0 Å². The molecule has 0 aliphatic heterocycles. The normalized spacial score (nSPS) is 11.9. The third kappa shape index (κ3) is 6.24. The van der Waals surface area contributed by atoms with Crippen molar-refractivity contribution < 1.29 is 9.59 Å². The minimum atomic E-state index is -0.519. The number of para-hydroxylation sites is 1. The zero-order valence-corrected chi connectivity index (χ0v) is 17.1. The lowest BCUT2D eigenvalue weighted by atomic mass is 10.1. The number of carbonyl (C=O) groups is 2. The summed E-state index contributed by atoms with van der Waals surface area (Å²) < 4.78 is 0. The van der Waals surface area contributed by atoms with Crippen LogP contribution in [0.2, 0.25) is 10.0 Å². The lowest BCUT2D eigenvalue weighted by Gasteiger charge is -2.23. The SMILES string of the molecule is CCc1ccccc1NC(=O)CN(C)[C@@H](C)C(=O)Nc1cc(Cl)cc(Cl)c1. The Hall–Kier alpha value is -2.08. The van der Waals surface area contributed by atoms with Gasteiger partial charge in [0.15, 0.2) is 0 Å². The van der Waals surface area contributed by atoms with Crippen molar-refractivity contribution in [1.82, 2.24) is 4.90 Å². The van der Waals surface area contributed by atoms with Gasteiger partial charge in [-0.15, -0.1) is 0 Å². The number of benzene rings is 2. The molecule has 0 heterocycles. The average molecular weight is 408 g/mol. The van der Waals surface area contributed by atoms with Gasteiger partial charge in [-0.3, -0.25) is 14.5 Å². The molecule has 7 heteroatoms. The van der Waals surface area contributed by atoms with Gasteiger partial charge in [0, 0.05) is 21.4 Å². The smallest absolute Gasteiger partial charge is 0.241 e. The van der Waals surface area contributed by atoms with E-state index in [2.05, 4.69) is 10.6 Å². The van der Waals surface area contributed by atoms with Crippen molar-refractivity contribution in [2.75, 3.05) is 24.2 Å². The molecule has 0 spiro atoms. The lowest BCUT2D eigenvalue weighted by Crippen LogP contribution is -2.43. The molecular weight excluding hydrogens is 385 g/mol. The summed E-state index contributed by atoms with van der Waals surface area (Å²) in [6, 6.07) is 12.0.